The van der Waals surface area contributed by atoms with Crippen molar-refractivity contribution >= 4 is 22.7 Å². The summed E-state index contributed by atoms with van der Waals surface area (Å²) >= 11 is 0. The van der Waals surface area contributed by atoms with Gasteiger partial charge in [-0.05, 0) is 54.7 Å². The van der Waals surface area contributed by atoms with Gasteiger partial charge >= 0.3 is 0 Å². The molecule has 1 N–H and O–H groups in total. The second kappa shape index (κ2) is 10.0. The number of fused-ring (bicyclic) bond motifs is 2. The van der Waals surface area contributed by atoms with Crippen LogP contribution in [0, 0.1) is 0 Å². The van der Waals surface area contributed by atoms with Gasteiger partial charge in [0.1, 0.15) is 6.54 Å². The van der Waals surface area contributed by atoms with Crippen LogP contribution in [0.5, 0.6) is 11.5 Å². The molecule has 1 aromatic heterocycles. The lowest BCUT2D eigenvalue weighted by atomic mass is 10.1. The van der Waals surface area contributed by atoms with E-state index in [0.717, 1.165) is 30.3 Å². The normalized spacial score (nSPS) is 14.1. The van der Waals surface area contributed by atoms with Crippen molar-refractivity contribution in [1.29, 1.82) is 0 Å². The van der Waals surface area contributed by atoms with Crippen molar-refractivity contribution in [2.24, 2.45) is 0 Å². The standard InChI is InChI=1S/C30H29N3O4/c34-29(19-33(24-11-12-24)30(35)22-10-13-27-28(16-22)37-20-36-27)32(18-21-6-2-1-3-7-21)15-14-23-17-31-26-9-5-4-8-25(23)26/h1-10,13,16-17,24,31H,11-12,14-15,18-20H2. The fraction of sp³-hybridized carbons (Fsp3) is 0.267. The molecule has 0 spiro atoms. The molecule has 7 heteroatoms. The van der Waals surface area contributed by atoms with Crippen LogP contribution in [-0.4, -0.2) is 52.5 Å². The van der Waals surface area contributed by atoms with E-state index in [1.165, 1.54) is 10.9 Å². The van der Waals surface area contributed by atoms with Crippen molar-refractivity contribution in [3.63, 3.8) is 0 Å². The molecular weight excluding hydrogens is 466 g/mol. The third-order valence-electron chi connectivity index (χ3n) is 7.07. The van der Waals surface area contributed by atoms with E-state index in [1.54, 1.807) is 23.1 Å². The minimum absolute atomic E-state index is 0.0512. The van der Waals surface area contributed by atoms with Crippen molar-refractivity contribution in [3.05, 3.63) is 95.7 Å². The van der Waals surface area contributed by atoms with Gasteiger partial charge in [-0.15, -0.1) is 0 Å². The van der Waals surface area contributed by atoms with Crippen molar-refractivity contribution in [3.8, 4) is 11.5 Å². The lowest BCUT2D eigenvalue weighted by molar-refractivity contribution is -0.132. The zero-order valence-corrected chi connectivity index (χ0v) is 20.6. The van der Waals surface area contributed by atoms with E-state index < -0.39 is 0 Å². The van der Waals surface area contributed by atoms with Crippen LogP contribution in [-0.2, 0) is 17.8 Å². The molecule has 0 bridgehead atoms. The molecule has 1 fully saturated rings. The number of aromatic amines is 1. The summed E-state index contributed by atoms with van der Waals surface area (Å²) in [5, 5.41) is 1.17. The smallest absolute Gasteiger partial charge is 0.254 e. The number of ether oxygens (including phenoxy) is 2. The maximum Gasteiger partial charge on any atom is 0.254 e. The Morgan fingerprint density at radius 3 is 2.54 bits per heavy atom. The highest BCUT2D eigenvalue weighted by atomic mass is 16.7. The predicted molar refractivity (Wildman–Crippen MR) is 140 cm³/mol. The minimum atomic E-state index is -0.148. The van der Waals surface area contributed by atoms with Crippen LogP contribution >= 0.6 is 0 Å². The SMILES string of the molecule is O=C(CN(C(=O)c1ccc2c(c1)OCO2)C1CC1)N(CCc1c[nH]c2ccccc12)Cc1ccccc1. The van der Waals surface area contributed by atoms with Crippen molar-refractivity contribution in [2.45, 2.75) is 31.8 Å². The predicted octanol–water partition coefficient (Wildman–Crippen LogP) is 4.77. The van der Waals surface area contributed by atoms with E-state index >= 15 is 0 Å². The molecule has 4 aromatic rings. The van der Waals surface area contributed by atoms with E-state index in [2.05, 4.69) is 17.1 Å². The lowest BCUT2D eigenvalue weighted by Crippen LogP contribution is -2.44. The number of amides is 2. The Kier molecular flexibility index (Phi) is 6.26. The molecule has 2 heterocycles. The molecule has 0 saturated heterocycles. The molecule has 0 atom stereocenters. The number of hydrogen-bond donors (Lipinski definition) is 1. The molecule has 0 radical (unpaired) electrons. The first kappa shape index (κ1) is 23.2. The summed E-state index contributed by atoms with van der Waals surface area (Å²) in [6.45, 7) is 1.27. The first-order valence-corrected chi connectivity index (χ1v) is 12.7. The van der Waals surface area contributed by atoms with E-state index in [-0.39, 0.29) is 31.2 Å². The number of H-pyrrole nitrogens is 1. The number of rotatable bonds is 9. The van der Waals surface area contributed by atoms with Gasteiger partial charge in [-0.2, -0.15) is 0 Å². The zero-order chi connectivity index (χ0) is 25.2. The number of carbonyl (C=O) groups is 2. The van der Waals surface area contributed by atoms with Gasteiger partial charge in [-0.3, -0.25) is 9.59 Å². The summed E-state index contributed by atoms with van der Waals surface area (Å²) in [5.41, 5.74) is 3.84. The Hall–Kier alpha value is -4.26. The summed E-state index contributed by atoms with van der Waals surface area (Å²) < 4.78 is 10.8. The van der Waals surface area contributed by atoms with E-state index in [1.807, 2.05) is 53.6 Å². The number of nitrogens with one attached hydrogen (secondary N) is 1. The largest absolute Gasteiger partial charge is 0.454 e. The van der Waals surface area contributed by atoms with Crippen LogP contribution in [0.2, 0.25) is 0 Å². The second-order valence-corrected chi connectivity index (χ2v) is 9.64. The molecule has 37 heavy (non-hydrogen) atoms. The van der Waals surface area contributed by atoms with Gasteiger partial charge < -0.3 is 24.3 Å². The summed E-state index contributed by atoms with van der Waals surface area (Å²) in [7, 11) is 0. The fourth-order valence-corrected chi connectivity index (χ4v) is 4.88. The minimum Gasteiger partial charge on any atom is -0.454 e. The van der Waals surface area contributed by atoms with Crippen molar-refractivity contribution in [2.75, 3.05) is 19.9 Å². The number of carbonyl (C=O) groups excluding carboxylic acids is 2. The first-order chi connectivity index (χ1) is 18.2. The Morgan fingerprint density at radius 1 is 0.919 bits per heavy atom. The van der Waals surface area contributed by atoms with Crippen LogP contribution in [0.1, 0.15) is 34.3 Å². The zero-order valence-electron chi connectivity index (χ0n) is 20.6. The fourth-order valence-electron chi connectivity index (χ4n) is 4.88. The van der Waals surface area contributed by atoms with E-state index in [9.17, 15) is 9.59 Å². The van der Waals surface area contributed by atoms with Crippen LogP contribution < -0.4 is 9.47 Å². The molecule has 1 aliphatic heterocycles. The maximum absolute atomic E-state index is 13.7. The Bertz CT molecular complexity index is 1430. The molecule has 7 nitrogen and oxygen atoms in total. The third kappa shape index (κ3) is 5.03. The number of hydrogen-bond acceptors (Lipinski definition) is 4. The highest BCUT2D eigenvalue weighted by Crippen LogP contribution is 2.34. The molecule has 188 valence electrons. The third-order valence-corrected chi connectivity index (χ3v) is 7.07. The highest BCUT2D eigenvalue weighted by Gasteiger charge is 2.35. The lowest BCUT2D eigenvalue weighted by Gasteiger charge is -2.28. The van der Waals surface area contributed by atoms with Crippen LogP contribution in [0.3, 0.4) is 0 Å². The number of nitrogens with zero attached hydrogens (tertiary/aromatic N) is 2. The molecule has 6 rings (SSSR count). The quantitative estimate of drug-likeness (QED) is 0.363. The molecule has 2 amide bonds. The topological polar surface area (TPSA) is 74.9 Å². The molecule has 2 aliphatic rings. The molecular formula is C30H29N3O4. The Morgan fingerprint density at radius 2 is 1.70 bits per heavy atom. The van der Waals surface area contributed by atoms with Gasteiger partial charge in [0.05, 0.1) is 0 Å². The average Bonchev–Trinajstić information content (AvgIpc) is 3.52. The van der Waals surface area contributed by atoms with Gasteiger partial charge in [0, 0.05) is 41.8 Å². The Labute approximate surface area is 215 Å². The van der Waals surface area contributed by atoms with Gasteiger partial charge in [-0.1, -0.05) is 48.5 Å². The molecule has 3 aromatic carbocycles. The Balaban J connectivity index is 1.21. The van der Waals surface area contributed by atoms with E-state index in [0.29, 0.717) is 30.2 Å². The molecule has 0 unspecified atom stereocenters. The number of benzene rings is 3. The van der Waals surface area contributed by atoms with Gasteiger partial charge in [0.25, 0.3) is 5.91 Å². The first-order valence-electron chi connectivity index (χ1n) is 12.7. The number of aromatic nitrogens is 1. The monoisotopic (exact) mass is 495 g/mol. The van der Waals surface area contributed by atoms with Gasteiger partial charge in [-0.25, -0.2) is 0 Å². The number of para-hydroxylation sites is 1. The summed E-state index contributed by atoms with van der Waals surface area (Å²) in [5.74, 6) is 1.00. The van der Waals surface area contributed by atoms with Gasteiger partial charge in [0.15, 0.2) is 11.5 Å². The maximum atomic E-state index is 13.7. The summed E-state index contributed by atoms with van der Waals surface area (Å²) in [4.78, 5) is 34.1. The molecule has 1 aliphatic carbocycles. The van der Waals surface area contributed by atoms with Crippen LogP contribution in [0.15, 0.2) is 79.0 Å². The van der Waals surface area contributed by atoms with Crippen LogP contribution in [0.25, 0.3) is 10.9 Å². The van der Waals surface area contributed by atoms with Gasteiger partial charge in [0.2, 0.25) is 12.7 Å². The molecule has 1 saturated carbocycles. The van der Waals surface area contributed by atoms with Crippen molar-refractivity contribution in [1.82, 2.24) is 14.8 Å². The summed E-state index contributed by atoms with van der Waals surface area (Å²) in [6.07, 6.45) is 4.58. The summed E-state index contributed by atoms with van der Waals surface area (Å²) in [6, 6.07) is 23.5. The van der Waals surface area contributed by atoms with Crippen molar-refractivity contribution < 1.29 is 19.1 Å². The average molecular weight is 496 g/mol. The van der Waals surface area contributed by atoms with E-state index in [4.69, 9.17) is 9.47 Å². The highest BCUT2D eigenvalue weighted by molar-refractivity contribution is 5.97. The van der Waals surface area contributed by atoms with Crippen LogP contribution in [0.4, 0.5) is 0 Å². The second-order valence-electron chi connectivity index (χ2n) is 9.64.